The molecule has 0 unspecified atom stereocenters. The topological polar surface area (TPSA) is 29.1 Å². The Morgan fingerprint density at radius 2 is 1.43 bits per heavy atom. The monoisotopic (exact) mass is 295 g/mol. The summed E-state index contributed by atoms with van der Waals surface area (Å²) < 4.78 is 0. The smallest absolute Gasteiger partial charge is 0.247 e. The number of amides is 1. The van der Waals surface area contributed by atoms with Crippen molar-refractivity contribution in [1.82, 2.24) is 0 Å². The van der Waals surface area contributed by atoms with Gasteiger partial charge in [-0.3, -0.25) is 4.79 Å². The van der Waals surface area contributed by atoms with Crippen molar-refractivity contribution in [3.8, 4) is 0 Å². The zero-order valence-corrected chi connectivity index (χ0v) is 13.8. The summed E-state index contributed by atoms with van der Waals surface area (Å²) in [5.41, 5.74) is 1.90. The first-order chi connectivity index (χ1) is 9.97. The van der Waals surface area contributed by atoms with Crippen molar-refractivity contribution in [2.75, 3.05) is 5.32 Å². The molecule has 21 heavy (non-hydrogen) atoms. The number of nitrogens with one attached hydrogen (secondary N) is 1. The number of rotatable bonds is 4. The second kappa shape index (κ2) is 6.55. The summed E-state index contributed by atoms with van der Waals surface area (Å²) in [5.74, 6) is 0.00391. The Morgan fingerprint density at radius 1 is 0.905 bits per heavy atom. The normalized spacial score (nSPS) is 12.0. The number of hydrogen-bond acceptors (Lipinski definition) is 1. The van der Waals surface area contributed by atoms with Gasteiger partial charge in [-0.15, -0.1) is 0 Å². The predicted molar refractivity (Wildman–Crippen MR) is 92.8 cm³/mol. The molecule has 108 valence electrons. The SMILES string of the molecule is C[Si](C)(C)/C(=C/c1ccccc1)C(=O)Nc1ccccc1. The number of para-hydroxylation sites is 1. The molecule has 0 fully saturated rings. The molecule has 3 heteroatoms. The van der Waals surface area contributed by atoms with Gasteiger partial charge < -0.3 is 5.32 Å². The maximum absolute atomic E-state index is 12.6. The average Bonchev–Trinajstić information content (AvgIpc) is 2.45. The van der Waals surface area contributed by atoms with Crippen LogP contribution in [0.5, 0.6) is 0 Å². The molecule has 0 aliphatic heterocycles. The lowest BCUT2D eigenvalue weighted by molar-refractivity contribution is -0.112. The molecule has 0 aromatic heterocycles. The van der Waals surface area contributed by atoms with E-state index in [4.69, 9.17) is 0 Å². The van der Waals surface area contributed by atoms with Gasteiger partial charge in [0.15, 0.2) is 0 Å². The number of carbonyl (C=O) groups excluding carboxylic acids is 1. The first kappa shape index (κ1) is 15.3. The van der Waals surface area contributed by atoms with Crippen molar-refractivity contribution >= 4 is 25.7 Å². The van der Waals surface area contributed by atoms with Crippen molar-refractivity contribution in [3.05, 3.63) is 71.4 Å². The Morgan fingerprint density at radius 3 is 1.95 bits per heavy atom. The van der Waals surface area contributed by atoms with Crippen LogP contribution in [0.15, 0.2) is 65.9 Å². The molecule has 0 saturated heterocycles. The fourth-order valence-electron chi connectivity index (χ4n) is 2.06. The highest BCUT2D eigenvalue weighted by molar-refractivity contribution is 6.88. The summed E-state index contributed by atoms with van der Waals surface area (Å²) in [4.78, 5) is 12.6. The van der Waals surface area contributed by atoms with Crippen molar-refractivity contribution in [3.63, 3.8) is 0 Å². The first-order valence-electron chi connectivity index (χ1n) is 7.10. The van der Waals surface area contributed by atoms with Crippen LogP contribution in [0.3, 0.4) is 0 Å². The van der Waals surface area contributed by atoms with E-state index in [1.54, 1.807) is 0 Å². The van der Waals surface area contributed by atoms with Crippen molar-refractivity contribution in [2.45, 2.75) is 19.6 Å². The molecule has 1 N–H and O–H groups in total. The minimum absolute atomic E-state index is 0.00391. The molecule has 0 atom stereocenters. The minimum atomic E-state index is -1.74. The third-order valence-corrected chi connectivity index (χ3v) is 5.18. The van der Waals surface area contributed by atoms with Crippen molar-refractivity contribution in [1.29, 1.82) is 0 Å². The summed E-state index contributed by atoms with van der Waals surface area (Å²) >= 11 is 0. The molecule has 0 heterocycles. The van der Waals surface area contributed by atoms with Crippen molar-refractivity contribution < 1.29 is 4.79 Å². The highest BCUT2D eigenvalue weighted by Gasteiger charge is 2.25. The Labute approximate surface area is 127 Å². The number of carbonyl (C=O) groups is 1. The molecule has 0 spiro atoms. The van der Waals surface area contributed by atoms with E-state index in [9.17, 15) is 4.79 Å². The molecule has 0 saturated carbocycles. The second-order valence-corrected chi connectivity index (χ2v) is 11.1. The molecule has 2 aromatic carbocycles. The fourth-order valence-corrected chi connectivity index (χ4v) is 3.40. The predicted octanol–water partition coefficient (Wildman–Crippen LogP) is 4.59. The second-order valence-electron chi connectivity index (χ2n) is 6.04. The van der Waals surface area contributed by atoms with E-state index >= 15 is 0 Å². The van der Waals surface area contributed by atoms with Gasteiger partial charge in [-0.1, -0.05) is 74.2 Å². The molecule has 2 rings (SSSR count). The highest BCUT2D eigenvalue weighted by atomic mass is 28.3. The van der Waals surface area contributed by atoms with Gasteiger partial charge in [-0.25, -0.2) is 0 Å². The summed E-state index contributed by atoms with van der Waals surface area (Å²) in [5, 5.41) is 3.90. The van der Waals surface area contributed by atoms with E-state index < -0.39 is 8.07 Å². The van der Waals surface area contributed by atoms with Gasteiger partial charge in [0.25, 0.3) is 0 Å². The molecule has 2 nitrogen and oxygen atoms in total. The van der Waals surface area contributed by atoms with Gasteiger partial charge in [0.1, 0.15) is 0 Å². The summed E-state index contributed by atoms with van der Waals surface area (Å²) in [6.45, 7) is 6.56. The van der Waals surface area contributed by atoms with Gasteiger partial charge in [-0.05, 0) is 17.7 Å². The Kier molecular flexibility index (Phi) is 4.76. The van der Waals surface area contributed by atoms with Crippen molar-refractivity contribution in [2.24, 2.45) is 0 Å². The van der Waals surface area contributed by atoms with Crippen LogP contribution in [0.2, 0.25) is 19.6 Å². The fraction of sp³-hybridized carbons (Fsp3) is 0.167. The molecule has 0 radical (unpaired) electrons. The van der Waals surface area contributed by atoms with Crippen LogP contribution in [-0.4, -0.2) is 14.0 Å². The van der Waals surface area contributed by atoms with E-state index in [0.717, 1.165) is 16.4 Å². The van der Waals surface area contributed by atoms with Gasteiger partial charge in [0.05, 0.1) is 8.07 Å². The lowest BCUT2D eigenvalue weighted by Gasteiger charge is -2.20. The van der Waals surface area contributed by atoms with Gasteiger partial charge >= 0.3 is 0 Å². The van der Waals surface area contributed by atoms with Crippen LogP contribution in [0.4, 0.5) is 5.69 Å². The largest absolute Gasteiger partial charge is 0.323 e. The highest BCUT2D eigenvalue weighted by Crippen LogP contribution is 2.20. The molecule has 0 aliphatic rings. The minimum Gasteiger partial charge on any atom is -0.323 e. The molecule has 1 amide bonds. The van der Waals surface area contributed by atoms with E-state index in [1.165, 1.54) is 0 Å². The maximum Gasteiger partial charge on any atom is 0.247 e. The number of hydrogen-bond donors (Lipinski definition) is 1. The number of benzene rings is 2. The zero-order chi connectivity index (χ0) is 15.3. The molecular weight excluding hydrogens is 274 g/mol. The summed E-state index contributed by atoms with van der Waals surface area (Å²) in [7, 11) is -1.74. The van der Waals surface area contributed by atoms with Gasteiger partial charge in [0.2, 0.25) is 5.91 Å². The first-order valence-corrected chi connectivity index (χ1v) is 10.6. The van der Waals surface area contributed by atoms with Gasteiger partial charge in [0, 0.05) is 10.9 Å². The van der Waals surface area contributed by atoms with E-state index in [1.807, 2.05) is 66.7 Å². The van der Waals surface area contributed by atoms with Crippen LogP contribution < -0.4 is 5.32 Å². The Balaban J connectivity index is 2.29. The Bertz CT molecular complexity index is 627. The third kappa shape index (κ3) is 4.43. The standard InChI is InChI=1S/C18H21NOSi/c1-21(2,3)17(14-15-10-6-4-7-11-15)18(20)19-16-12-8-5-9-13-16/h4-14H,1-3H3,(H,19,20)/b17-14+. The lowest BCUT2D eigenvalue weighted by atomic mass is 10.2. The Hall–Kier alpha value is -2.13. The zero-order valence-electron chi connectivity index (χ0n) is 12.8. The molecule has 0 bridgehead atoms. The van der Waals surface area contributed by atoms with E-state index in [-0.39, 0.29) is 5.91 Å². The number of anilines is 1. The molecular formula is C18H21NOSi. The summed E-state index contributed by atoms with van der Waals surface area (Å²) in [6.07, 6.45) is 2.02. The molecule has 0 aliphatic carbocycles. The van der Waals surface area contributed by atoms with E-state index in [2.05, 4.69) is 25.0 Å². The van der Waals surface area contributed by atoms with Gasteiger partial charge in [-0.2, -0.15) is 0 Å². The lowest BCUT2D eigenvalue weighted by Crippen LogP contribution is -2.32. The summed E-state index contributed by atoms with van der Waals surface area (Å²) in [6, 6.07) is 19.6. The van der Waals surface area contributed by atoms with Crippen LogP contribution in [-0.2, 0) is 4.79 Å². The maximum atomic E-state index is 12.6. The third-order valence-electron chi connectivity index (χ3n) is 3.19. The quantitative estimate of drug-likeness (QED) is 0.649. The van der Waals surface area contributed by atoms with Crippen LogP contribution in [0, 0.1) is 0 Å². The van der Waals surface area contributed by atoms with Crippen LogP contribution >= 0.6 is 0 Å². The van der Waals surface area contributed by atoms with Crippen LogP contribution in [0.25, 0.3) is 6.08 Å². The van der Waals surface area contributed by atoms with E-state index in [0.29, 0.717) is 0 Å². The molecule has 2 aromatic rings. The van der Waals surface area contributed by atoms with Crippen LogP contribution in [0.1, 0.15) is 5.56 Å². The average molecular weight is 295 g/mol.